The fourth-order valence-corrected chi connectivity index (χ4v) is 2.44. The molecule has 0 bridgehead atoms. The largest absolute Gasteiger partial charge is 0.484 e. The molecule has 0 heterocycles. The summed E-state index contributed by atoms with van der Waals surface area (Å²) < 4.78 is 16.5. The Morgan fingerprint density at radius 2 is 1.69 bits per heavy atom. The Labute approximate surface area is 102 Å². The van der Waals surface area contributed by atoms with Gasteiger partial charge in [0, 0.05) is 19.8 Å². The van der Waals surface area contributed by atoms with Crippen LogP contribution in [0.25, 0.3) is 0 Å². The van der Waals surface area contributed by atoms with E-state index in [1.807, 2.05) is 13.8 Å². The number of rotatable bonds is 11. The molecule has 16 heavy (non-hydrogen) atoms. The van der Waals surface area contributed by atoms with Crippen LogP contribution >= 0.6 is 0 Å². The Morgan fingerprint density at radius 3 is 2.19 bits per heavy atom. The normalized spacial score (nSPS) is 13.3. The SMILES string of the molecule is CCNCC(C)CCO[SiH](OCC)OCC. The molecule has 0 aromatic carbocycles. The minimum atomic E-state index is -1.84. The van der Waals surface area contributed by atoms with Gasteiger partial charge in [0.25, 0.3) is 0 Å². The van der Waals surface area contributed by atoms with Crippen molar-refractivity contribution in [2.24, 2.45) is 5.92 Å². The topological polar surface area (TPSA) is 39.7 Å². The minimum absolute atomic E-state index is 0.637. The van der Waals surface area contributed by atoms with E-state index in [2.05, 4.69) is 19.2 Å². The first-order valence-corrected chi connectivity index (χ1v) is 7.71. The molecule has 0 spiro atoms. The summed E-state index contributed by atoms with van der Waals surface area (Å²) in [5.41, 5.74) is 0. The van der Waals surface area contributed by atoms with Crippen molar-refractivity contribution >= 4 is 9.53 Å². The summed E-state index contributed by atoms with van der Waals surface area (Å²) in [4.78, 5) is 0. The second-order valence-electron chi connectivity index (χ2n) is 3.77. The number of nitrogens with one attached hydrogen (secondary N) is 1. The van der Waals surface area contributed by atoms with E-state index in [0.717, 1.165) is 26.1 Å². The molecule has 0 saturated carbocycles. The third-order valence-corrected chi connectivity index (χ3v) is 3.93. The lowest BCUT2D eigenvalue weighted by molar-refractivity contribution is 0.0972. The zero-order valence-corrected chi connectivity index (χ0v) is 12.3. The first-order chi connectivity index (χ1) is 7.74. The fourth-order valence-electron chi connectivity index (χ4n) is 1.27. The second-order valence-corrected chi connectivity index (χ2v) is 5.35. The first-order valence-electron chi connectivity index (χ1n) is 6.30. The average molecular weight is 249 g/mol. The van der Waals surface area contributed by atoms with Gasteiger partial charge in [0.15, 0.2) is 0 Å². The van der Waals surface area contributed by atoms with Gasteiger partial charge in [0.1, 0.15) is 0 Å². The monoisotopic (exact) mass is 249 g/mol. The maximum atomic E-state index is 5.64. The molecule has 4 nitrogen and oxygen atoms in total. The average Bonchev–Trinajstić information content (AvgIpc) is 2.27. The van der Waals surface area contributed by atoms with Crippen LogP contribution in [0.2, 0.25) is 0 Å². The zero-order chi connectivity index (χ0) is 12.2. The zero-order valence-electron chi connectivity index (χ0n) is 11.1. The van der Waals surface area contributed by atoms with Crippen LogP contribution in [-0.2, 0) is 13.3 Å². The maximum Gasteiger partial charge on any atom is 0.484 e. The van der Waals surface area contributed by atoms with Crippen molar-refractivity contribution < 1.29 is 13.3 Å². The Morgan fingerprint density at radius 1 is 1.06 bits per heavy atom. The van der Waals surface area contributed by atoms with Crippen molar-refractivity contribution in [2.75, 3.05) is 32.9 Å². The van der Waals surface area contributed by atoms with Crippen LogP contribution < -0.4 is 5.32 Å². The Hall–Kier alpha value is 0.0569. The predicted molar refractivity (Wildman–Crippen MR) is 68.7 cm³/mol. The molecular formula is C11H27NO3Si. The highest BCUT2D eigenvalue weighted by molar-refractivity contribution is 6.36. The molecule has 0 aromatic rings. The third kappa shape index (κ3) is 9.29. The molecule has 0 rings (SSSR count). The van der Waals surface area contributed by atoms with E-state index in [-0.39, 0.29) is 0 Å². The van der Waals surface area contributed by atoms with Gasteiger partial charge in [-0.05, 0) is 39.3 Å². The van der Waals surface area contributed by atoms with Crippen LogP contribution in [0.3, 0.4) is 0 Å². The lowest BCUT2D eigenvalue weighted by atomic mass is 10.1. The quantitative estimate of drug-likeness (QED) is 0.562. The molecule has 1 unspecified atom stereocenters. The fraction of sp³-hybridized carbons (Fsp3) is 1.00. The molecule has 0 radical (unpaired) electrons. The Balaban J connectivity index is 3.51. The summed E-state index contributed by atoms with van der Waals surface area (Å²) in [6.07, 6.45) is 1.05. The van der Waals surface area contributed by atoms with Crippen molar-refractivity contribution in [3.05, 3.63) is 0 Å². The molecule has 0 saturated heterocycles. The summed E-state index contributed by atoms with van der Waals surface area (Å²) in [5, 5.41) is 3.33. The highest BCUT2D eigenvalue weighted by atomic mass is 28.3. The predicted octanol–water partition coefficient (Wildman–Crippen LogP) is 1.43. The molecule has 0 amide bonds. The van der Waals surface area contributed by atoms with Gasteiger partial charge in [-0.3, -0.25) is 0 Å². The van der Waals surface area contributed by atoms with Crippen LogP contribution in [-0.4, -0.2) is 42.4 Å². The van der Waals surface area contributed by atoms with Gasteiger partial charge < -0.3 is 18.6 Å². The molecular weight excluding hydrogens is 222 g/mol. The van der Waals surface area contributed by atoms with E-state index in [9.17, 15) is 0 Å². The molecule has 0 fully saturated rings. The molecule has 0 aliphatic carbocycles. The van der Waals surface area contributed by atoms with Gasteiger partial charge in [0.05, 0.1) is 0 Å². The van der Waals surface area contributed by atoms with Crippen LogP contribution in [0.4, 0.5) is 0 Å². The summed E-state index contributed by atoms with van der Waals surface area (Å²) in [6.45, 7) is 12.4. The van der Waals surface area contributed by atoms with E-state index in [1.165, 1.54) is 0 Å². The van der Waals surface area contributed by atoms with Gasteiger partial charge >= 0.3 is 9.53 Å². The maximum absolute atomic E-state index is 5.64. The van der Waals surface area contributed by atoms with Crippen LogP contribution in [0.15, 0.2) is 0 Å². The smallest absolute Gasteiger partial charge is 0.376 e. The Bertz CT molecular complexity index is 143. The van der Waals surface area contributed by atoms with Crippen molar-refractivity contribution in [1.29, 1.82) is 0 Å². The lowest BCUT2D eigenvalue weighted by Crippen LogP contribution is -2.29. The highest BCUT2D eigenvalue weighted by Crippen LogP contribution is 2.02. The van der Waals surface area contributed by atoms with E-state index in [4.69, 9.17) is 13.3 Å². The van der Waals surface area contributed by atoms with Crippen LogP contribution in [0.5, 0.6) is 0 Å². The molecule has 0 aliphatic heterocycles. The van der Waals surface area contributed by atoms with E-state index < -0.39 is 9.53 Å². The van der Waals surface area contributed by atoms with Crippen molar-refractivity contribution in [3.8, 4) is 0 Å². The van der Waals surface area contributed by atoms with Crippen molar-refractivity contribution in [2.45, 2.75) is 34.1 Å². The standard InChI is InChI=1S/C11H27NO3Si/c1-5-12-10-11(4)8-9-15-16(13-6-2)14-7-3/h11-12,16H,5-10H2,1-4H3. The summed E-state index contributed by atoms with van der Waals surface area (Å²) in [7, 11) is -1.84. The highest BCUT2D eigenvalue weighted by Gasteiger charge is 2.13. The van der Waals surface area contributed by atoms with Crippen molar-refractivity contribution in [1.82, 2.24) is 5.32 Å². The summed E-state index contributed by atoms with van der Waals surface area (Å²) >= 11 is 0. The van der Waals surface area contributed by atoms with Gasteiger partial charge in [0.2, 0.25) is 0 Å². The van der Waals surface area contributed by atoms with Crippen LogP contribution in [0, 0.1) is 5.92 Å². The molecule has 98 valence electrons. The van der Waals surface area contributed by atoms with E-state index in [1.54, 1.807) is 0 Å². The molecule has 1 N–H and O–H groups in total. The van der Waals surface area contributed by atoms with Gasteiger partial charge in [-0.1, -0.05) is 13.8 Å². The van der Waals surface area contributed by atoms with Gasteiger partial charge in [-0.2, -0.15) is 0 Å². The van der Waals surface area contributed by atoms with Gasteiger partial charge in [-0.15, -0.1) is 0 Å². The molecule has 0 aliphatic rings. The van der Waals surface area contributed by atoms with Crippen molar-refractivity contribution in [3.63, 3.8) is 0 Å². The number of hydrogen-bond donors (Lipinski definition) is 1. The summed E-state index contributed by atoms with van der Waals surface area (Å²) in [6, 6.07) is 0. The number of hydrogen-bond acceptors (Lipinski definition) is 4. The second kappa shape index (κ2) is 11.5. The molecule has 5 heteroatoms. The van der Waals surface area contributed by atoms with E-state index >= 15 is 0 Å². The first kappa shape index (κ1) is 16.1. The summed E-state index contributed by atoms with van der Waals surface area (Å²) in [5.74, 6) is 0.637. The molecule has 1 atom stereocenters. The Kier molecular flexibility index (Phi) is 11.6. The lowest BCUT2D eigenvalue weighted by Gasteiger charge is -2.16. The van der Waals surface area contributed by atoms with Crippen LogP contribution in [0.1, 0.15) is 34.1 Å². The third-order valence-electron chi connectivity index (χ3n) is 2.21. The molecule has 0 aromatic heterocycles. The minimum Gasteiger partial charge on any atom is -0.376 e. The van der Waals surface area contributed by atoms with E-state index in [0.29, 0.717) is 19.1 Å². The van der Waals surface area contributed by atoms with Gasteiger partial charge in [-0.25, -0.2) is 0 Å².